The van der Waals surface area contributed by atoms with Crippen molar-refractivity contribution in [3.8, 4) is 5.75 Å². The standard InChI is InChI=1S/C36H39FN2O3/c37-34-19-9-7-17-30(34)25-39-21-11-12-22-41-26-31(23-28-13-3-1-4-14-28)38-36(40)33-18-8-10-20-35(33)42-27-32(39)24-29-15-5-2-6-16-29/h1-10,13-20,31-32H,11-12,21-27H2,(H,38,40)/t31-,32-/m0/s1. The molecule has 218 valence electrons. The first-order chi connectivity index (χ1) is 20.7. The molecule has 0 bridgehead atoms. The Labute approximate surface area is 248 Å². The van der Waals surface area contributed by atoms with Gasteiger partial charge in [-0.25, -0.2) is 4.39 Å². The van der Waals surface area contributed by atoms with Crippen molar-refractivity contribution in [3.05, 3.63) is 137 Å². The molecule has 4 aromatic carbocycles. The number of carbonyl (C=O) groups excluding carboxylic acids is 1. The summed E-state index contributed by atoms with van der Waals surface area (Å²) < 4.78 is 27.3. The van der Waals surface area contributed by atoms with E-state index in [0.29, 0.717) is 49.7 Å². The fourth-order valence-electron chi connectivity index (χ4n) is 5.44. The van der Waals surface area contributed by atoms with Gasteiger partial charge in [0.2, 0.25) is 0 Å². The number of ether oxygens (including phenoxy) is 2. The molecular weight excluding hydrogens is 527 g/mol. The van der Waals surface area contributed by atoms with Gasteiger partial charge in [0.25, 0.3) is 5.91 Å². The van der Waals surface area contributed by atoms with Crippen molar-refractivity contribution in [2.24, 2.45) is 0 Å². The molecule has 0 unspecified atom stereocenters. The van der Waals surface area contributed by atoms with Crippen LogP contribution in [-0.2, 0) is 24.1 Å². The first kappa shape index (κ1) is 29.5. The number of benzene rings is 4. The lowest BCUT2D eigenvalue weighted by molar-refractivity contribution is 0.0819. The zero-order valence-electron chi connectivity index (χ0n) is 24.0. The van der Waals surface area contributed by atoms with E-state index in [9.17, 15) is 9.18 Å². The van der Waals surface area contributed by atoms with Crippen molar-refractivity contribution in [1.29, 1.82) is 0 Å². The normalized spacial score (nSPS) is 19.0. The van der Waals surface area contributed by atoms with Crippen LogP contribution >= 0.6 is 0 Å². The highest BCUT2D eigenvalue weighted by Gasteiger charge is 2.24. The van der Waals surface area contributed by atoms with Crippen molar-refractivity contribution in [2.45, 2.75) is 44.3 Å². The number of halogens is 1. The highest BCUT2D eigenvalue weighted by molar-refractivity contribution is 5.97. The second kappa shape index (κ2) is 15.3. The molecule has 0 radical (unpaired) electrons. The molecule has 2 atom stereocenters. The van der Waals surface area contributed by atoms with E-state index in [4.69, 9.17) is 9.47 Å². The molecule has 0 aliphatic carbocycles. The Morgan fingerprint density at radius 1 is 0.762 bits per heavy atom. The molecule has 0 aromatic heterocycles. The number of nitrogens with zero attached hydrogens (tertiary/aromatic N) is 1. The molecule has 0 spiro atoms. The first-order valence-corrected chi connectivity index (χ1v) is 14.8. The van der Waals surface area contributed by atoms with Gasteiger partial charge >= 0.3 is 0 Å². The van der Waals surface area contributed by atoms with Crippen molar-refractivity contribution in [1.82, 2.24) is 10.2 Å². The SMILES string of the molecule is O=C1N[C@@H](Cc2ccccc2)COCCCCN(Cc2ccccc2F)[C@@H](Cc2ccccc2)COc2ccccc21. The highest BCUT2D eigenvalue weighted by atomic mass is 19.1. The van der Waals surface area contributed by atoms with E-state index in [2.05, 4.69) is 34.5 Å². The van der Waals surface area contributed by atoms with Crippen LogP contribution in [0.3, 0.4) is 0 Å². The van der Waals surface area contributed by atoms with Gasteiger partial charge in [0.05, 0.1) is 18.2 Å². The molecule has 0 saturated heterocycles. The Morgan fingerprint density at radius 3 is 2.19 bits per heavy atom. The Kier molecular flexibility index (Phi) is 10.7. The summed E-state index contributed by atoms with van der Waals surface area (Å²) >= 11 is 0. The van der Waals surface area contributed by atoms with E-state index in [0.717, 1.165) is 31.4 Å². The van der Waals surface area contributed by atoms with Gasteiger partial charge in [-0.2, -0.15) is 0 Å². The van der Waals surface area contributed by atoms with E-state index in [1.54, 1.807) is 12.1 Å². The average Bonchev–Trinajstić information content (AvgIpc) is 3.02. The fourth-order valence-corrected chi connectivity index (χ4v) is 5.44. The van der Waals surface area contributed by atoms with Crippen LogP contribution in [0.1, 0.15) is 39.9 Å². The molecule has 5 rings (SSSR count). The second-order valence-corrected chi connectivity index (χ2v) is 10.9. The molecule has 0 fully saturated rings. The van der Waals surface area contributed by atoms with Crippen molar-refractivity contribution in [3.63, 3.8) is 0 Å². The van der Waals surface area contributed by atoms with Gasteiger partial charge in [-0.3, -0.25) is 9.69 Å². The van der Waals surface area contributed by atoms with Crippen LogP contribution in [-0.4, -0.2) is 49.3 Å². The maximum absolute atomic E-state index is 14.8. The quantitative estimate of drug-likeness (QED) is 0.291. The van der Waals surface area contributed by atoms with E-state index in [-0.39, 0.29) is 23.8 Å². The third-order valence-corrected chi connectivity index (χ3v) is 7.69. The predicted molar refractivity (Wildman–Crippen MR) is 164 cm³/mol. The third-order valence-electron chi connectivity index (χ3n) is 7.69. The average molecular weight is 567 g/mol. The van der Waals surface area contributed by atoms with E-state index in [1.165, 1.54) is 11.6 Å². The van der Waals surface area contributed by atoms with E-state index >= 15 is 0 Å². The largest absolute Gasteiger partial charge is 0.491 e. The number of carbonyl (C=O) groups is 1. The maximum Gasteiger partial charge on any atom is 0.255 e. The number of amides is 1. The van der Waals surface area contributed by atoms with Gasteiger partial charge in [0.1, 0.15) is 18.2 Å². The third kappa shape index (κ3) is 8.51. The highest BCUT2D eigenvalue weighted by Crippen LogP contribution is 2.22. The second-order valence-electron chi connectivity index (χ2n) is 10.9. The van der Waals surface area contributed by atoms with E-state index < -0.39 is 0 Å². The van der Waals surface area contributed by atoms with Crippen molar-refractivity contribution in [2.75, 3.05) is 26.4 Å². The minimum absolute atomic E-state index is 0.0417. The summed E-state index contributed by atoms with van der Waals surface area (Å²) in [5.74, 6) is 0.142. The molecule has 0 saturated carbocycles. The van der Waals surface area contributed by atoms with Crippen molar-refractivity contribution >= 4 is 5.91 Å². The summed E-state index contributed by atoms with van der Waals surface area (Å²) in [5.41, 5.74) is 3.47. The Balaban J connectivity index is 1.41. The zero-order valence-corrected chi connectivity index (χ0v) is 24.0. The molecule has 1 amide bonds. The Morgan fingerprint density at radius 2 is 1.43 bits per heavy atom. The van der Waals surface area contributed by atoms with Crippen LogP contribution in [0.2, 0.25) is 0 Å². The Hall–Kier alpha value is -4.00. The smallest absolute Gasteiger partial charge is 0.255 e. The summed E-state index contributed by atoms with van der Waals surface area (Å²) in [7, 11) is 0. The molecule has 4 aromatic rings. The molecule has 1 aliphatic rings. The van der Waals surface area contributed by atoms with Crippen LogP contribution in [0.5, 0.6) is 5.75 Å². The van der Waals surface area contributed by atoms with Crippen LogP contribution in [0.25, 0.3) is 0 Å². The van der Waals surface area contributed by atoms with Crippen LogP contribution in [0, 0.1) is 5.82 Å². The number of hydrogen-bond acceptors (Lipinski definition) is 4. The van der Waals surface area contributed by atoms with Gasteiger partial charge < -0.3 is 14.8 Å². The molecule has 1 heterocycles. The lowest BCUT2D eigenvalue weighted by Crippen LogP contribution is -2.42. The minimum Gasteiger partial charge on any atom is -0.491 e. The number of hydrogen-bond donors (Lipinski definition) is 1. The van der Waals surface area contributed by atoms with Crippen LogP contribution in [0.15, 0.2) is 109 Å². The van der Waals surface area contributed by atoms with Crippen molar-refractivity contribution < 1.29 is 18.7 Å². The van der Waals surface area contributed by atoms with Gasteiger partial charge in [0, 0.05) is 24.8 Å². The lowest BCUT2D eigenvalue weighted by Gasteiger charge is -2.32. The van der Waals surface area contributed by atoms with Crippen LogP contribution in [0.4, 0.5) is 4.39 Å². The summed E-state index contributed by atoms with van der Waals surface area (Å²) in [6, 6.07) is 34.5. The van der Waals surface area contributed by atoms with Gasteiger partial charge in [0.15, 0.2) is 0 Å². The zero-order chi connectivity index (χ0) is 29.0. The molecule has 42 heavy (non-hydrogen) atoms. The lowest BCUT2D eigenvalue weighted by atomic mass is 10.0. The summed E-state index contributed by atoms with van der Waals surface area (Å²) in [4.78, 5) is 15.9. The molecule has 1 aliphatic heterocycles. The van der Waals surface area contributed by atoms with Crippen LogP contribution < -0.4 is 10.1 Å². The predicted octanol–water partition coefficient (Wildman–Crippen LogP) is 6.47. The summed E-state index contributed by atoms with van der Waals surface area (Å²) in [6.07, 6.45) is 3.16. The van der Waals surface area contributed by atoms with Gasteiger partial charge in [-0.15, -0.1) is 0 Å². The number of para-hydroxylation sites is 1. The molecular formula is C36H39FN2O3. The molecule has 5 nitrogen and oxygen atoms in total. The topological polar surface area (TPSA) is 50.8 Å². The Bertz CT molecular complexity index is 1400. The number of rotatable bonds is 6. The fraction of sp³-hybridized carbons (Fsp3) is 0.306. The number of nitrogens with one attached hydrogen (secondary N) is 1. The maximum atomic E-state index is 14.8. The summed E-state index contributed by atoms with van der Waals surface area (Å²) in [6.45, 7) is 2.60. The number of fused-ring (bicyclic) bond motifs is 1. The minimum atomic E-state index is -0.206. The molecule has 1 N–H and O–H groups in total. The van der Waals surface area contributed by atoms with Gasteiger partial charge in [-0.1, -0.05) is 91.0 Å². The first-order valence-electron chi connectivity index (χ1n) is 14.8. The summed E-state index contributed by atoms with van der Waals surface area (Å²) in [5, 5.41) is 3.19. The van der Waals surface area contributed by atoms with Gasteiger partial charge in [-0.05, 0) is 61.6 Å². The van der Waals surface area contributed by atoms with E-state index in [1.807, 2.05) is 66.7 Å². The monoisotopic (exact) mass is 566 g/mol. The molecule has 6 heteroatoms.